The quantitative estimate of drug-likeness (QED) is 0.138. The van der Waals surface area contributed by atoms with Crippen molar-refractivity contribution in [1.82, 2.24) is 10.2 Å². The number of alkyl carbamates (subject to hydrolysis) is 1. The topological polar surface area (TPSA) is 108 Å². The first-order valence-electron chi connectivity index (χ1n) is 14.9. The Morgan fingerprint density at radius 3 is 2.10 bits per heavy atom. The Labute approximate surface area is 257 Å². The Balaban J connectivity index is 2.55. The zero-order chi connectivity index (χ0) is 31.4. The molecular weight excluding hydrogens is 550 g/mol. The summed E-state index contributed by atoms with van der Waals surface area (Å²) < 4.78 is 5.39. The third kappa shape index (κ3) is 10.3. The van der Waals surface area contributed by atoms with Crippen LogP contribution in [0, 0.1) is 20.8 Å². The third-order valence-corrected chi connectivity index (χ3v) is 7.43. The van der Waals surface area contributed by atoms with Crippen molar-refractivity contribution in [2.75, 3.05) is 17.6 Å². The van der Waals surface area contributed by atoms with Gasteiger partial charge in [0.2, 0.25) is 5.91 Å². The maximum atomic E-state index is 14.2. The maximum Gasteiger partial charge on any atom is 0.408 e. The Morgan fingerprint density at radius 2 is 1.50 bits per heavy atom. The van der Waals surface area contributed by atoms with E-state index in [4.69, 9.17) is 4.74 Å². The lowest BCUT2D eigenvalue weighted by molar-refractivity contribution is -0.140. The van der Waals surface area contributed by atoms with Gasteiger partial charge in [0.25, 0.3) is 5.91 Å². The lowest BCUT2D eigenvalue weighted by Gasteiger charge is -2.35. The summed E-state index contributed by atoms with van der Waals surface area (Å²) >= 11 is 4.37. The minimum Gasteiger partial charge on any atom is -0.507 e. The summed E-state index contributed by atoms with van der Waals surface area (Å²) in [5, 5.41) is 16.8. The fourth-order valence-electron chi connectivity index (χ4n) is 4.82. The number of rotatable bonds is 14. The van der Waals surface area contributed by atoms with Gasteiger partial charge in [0.05, 0.1) is 0 Å². The van der Waals surface area contributed by atoms with Gasteiger partial charge in [-0.25, -0.2) is 4.79 Å². The van der Waals surface area contributed by atoms with Gasteiger partial charge in [0.1, 0.15) is 23.4 Å². The number of carbonyl (C=O) groups is 3. The molecule has 0 saturated heterocycles. The van der Waals surface area contributed by atoms with Gasteiger partial charge in [-0.2, -0.15) is 12.6 Å². The summed E-state index contributed by atoms with van der Waals surface area (Å²) in [5.41, 5.74) is 2.56. The minimum absolute atomic E-state index is 0.00385. The van der Waals surface area contributed by atoms with Crippen molar-refractivity contribution in [2.24, 2.45) is 0 Å². The number of carbonyl (C=O) groups excluding carboxylic acids is 3. The van der Waals surface area contributed by atoms with Gasteiger partial charge < -0.3 is 25.4 Å². The normalized spacial score (nSPS) is 12.8. The van der Waals surface area contributed by atoms with Gasteiger partial charge in [-0.3, -0.25) is 9.59 Å². The van der Waals surface area contributed by atoms with Gasteiger partial charge >= 0.3 is 6.09 Å². The average Bonchev–Trinajstić information content (AvgIpc) is 2.91. The number of phenols is 1. The number of nitrogens with zero attached hydrogens (tertiary/aromatic N) is 1. The van der Waals surface area contributed by atoms with Crippen LogP contribution in [-0.4, -0.2) is 51.9 Å². The van der Waals surface area contributed by atoms with Gasteiger partial charge in [-0.15, -0.1) is 0 Å². The number of nitrogens with one attached hydrogen (secondary N) is 2. The number of anilines is 1. The number of para-hydroxylation sites is 2. The molecule has 3 amide bonds. The minimum atomic E-state index is -1.16. The number of benzene rings is 2. The summed E-state index contributed by atoms with van der Waals surface area (Å²) in [4.78, 5) is 42.5. The molecule has 0 aromatic heterocycles. The largest absolute Gasteiger partial charge is 0.507 e. The smallest absolute Gasteiger partial charge is 0.408 e. The first-order chi connectivity index (χ1) is 19.8. The van der Waals surface area contributed by atoms with E-state index >= 15 is 0 Å². The van der Waals surface area contributed by atoms with Crippen molar-refractivity contribution in [3.05, 3.63) is 58.7 Å². The molecule has 0 spiro atoms. The van der Waals surface area contributed by atoms with E-state index in [1.54, 1.807) is 45.9 Å². The molecule has 232 valence electrons. The molecule has 0 heterocycles. The van der Waals surface area contributed by atoms with Crippen LogP contribution in [0.15, 0.2) is 36.4 Å². The lowest BCUT2D eigenvalue weighted by atomic mass is 9.98. The van der Waals surface area contributed by atoms with Crippen molar-refractivity contribution >= 4 is 36.2 Å². The van der Waals surface area contributed by atoms with Crippen LogP contribution in [0.3, 0.4) is 0 Å². The van der Waals surface area contributed by atoms with E-state index < -0.39 is 35.6 Å². The molecule has 0 bridgehead atoms. The summed E-state index contributed by atoms with van der Waals surface area (Å²) in [6.45, 7) is 13.2. The fourth-order valence-corrected chi connectivity index (χ4v) is 5.07. The number of hydrogen-bond donors (Lipinski definition) is 4. The molecule has 0 saturated carbocycles. The molecule has 2 aromatic rings. The van der Waals surface area contributed by atoms with Crippen molar-refractivity contribution in [1.29, 1.82) is 0 Å². The number of unbranched alkanes of at least 4 members (excludes halogenated alkanes) is 5. The zero-order valence-electron chi connectivity index (χ0n) is 26.3. The molecular formula is C33H49N3O5S. The summed E-state index contributed by atoms with van der Waals surface area (Å²) in [6, 6.07) is 8.69. The Hall–Kier alpha value is -3.20. The van der Waals surface area contributed by atoms with E-state index in [1.807, 2.05) is 32.0 Å². The second-order valence-corrected chi connectivity index (χ2v) is 12.2. The van der Waals surface area contributed by atoms with Gasteiger partial charge in [0, 0.05) is 23.5 Å². The van der Waals surface area contributed by atoms with E-state index in [1.165, 1.54) is 4.90 Å². The molecule has 0 aliphatic carbocycles. The lowest BCUT2D eigenvalue weighted by Crippen LogP contribution is -2.53. The molecule has 3 N–H and O–H groups in total. The maximum absolute atomic E-state index is 14.2. The zero-order valence-corrected chi connectivity index (χ0v) is 27.1. The predicted octanol–water partition coefficient (Wildman–Crippen LogP) is 7.01. The molecule has 0 aliphatic heterocycles. The molecule has 0 fully saturated rings. The highest BCUT2D eigenvalue weighted by molar-refractivity contribution is 7.80. The average molecular weight is 600 g/mol. The van der Waals surface area contributed by atoms with E-state index in [2.05, 4.69) is 30.2 Å². The third-order valence-electron chi connectivity index (χ3n) is 7.06. The molecule has 2 aromatic carbocycles. The number of ether oxygens (including phenoxy) is 1. The monoisotopic (exact) mass is 599 g/mol. The number of amides is 3. The SMILES string of the molecule is CCCCCCCCN(C(=O)C(CS)NC(=O)OC(C)(C)C)C(C(=O)Nc1c(C)cccc1C)c1cccc(C)c1O. The highest BCUT2D eigenvalue weighted by Crippen LogP contribution is 2.34. The molecule has 0 radical (unpaired) electrons. The number of hydrogen-bond acceptors (Lipinski definition) is 6. The van der Waals surface area contributed by atoms with Gasteiger partial charge in [0.15, 0.2) is 0 Å². The van der Waals surface area contributed by atoms with Crippen LogP contribution < -0.4 is 10.6 Å². The van der Waals surface area contributed by atoms with Crippen molar-refractivity contribution in [2.45, 2.75) is 105 Å². The molecule has 42 heavy (non-hydrogen) atoms. The standard InChI is InChI=1S/C33H49N3O5S/c1-8-9-10-11-12-13-20-36(31(39)26(21-42)34-32(40)41-33(5,6)7)28(25-19-15-18-24(4)29(25)37)30(38)35-27-22(2)16-14-17-23(27)3/h14-19,26,28,37,42H,8-13,20-21H2,1-7H3,(H,34,40)(H,35,38). The van der Waals surface area contributed by atoms with Crippen LogP contribution in [0.2, 0.25) is 0 Å². The second kappa shape index (κ2) is 16.4. The van der Waals surface area contributed by atoms with Gasteiger partial charge in [-0.05, 0) is 64.7 Å². The van der Waals surface area contributed by atoms with Crippen LogP contribution in [0.5, 0.6) is 5.75 Å². The van der Waals surface area contributed by atoms with Gasteiger partial charge in [-0.1, -0.05) is 75.4 Å². The Kier molecular flexibility index (Phi) is 13.7. The number of aromatic hydroxyl groups is 1. The van der Waals surface area contributed by atoms with E-state index in [0.717, 1.165) is 43.2 Å². The second-order valence-electron chi connectivity index (χ2n) is 11.9. The van der Waals surface area contributed by atoms with Crippen LogP contribution in [-0.2, 0) is 14.3 Å². The van der Waals surface area contributed by atoms with E-state index in [0.29, 0.717) is 23.2 Å². The number of phenolic OH excluding ortho intramolecular Hbond substituents is 1. The fraction of sp³-hybridized carbons (Fsp3) is 0.545. The molecule has 9 heteroatoms. The first-order valence-corrected chi connectivity index (χ1v) is 15.5. The van der Waals surface area contributed by atoms with Crippen molar-refractivity contribution in [3.8, 4) is 5.75 Å². The van der Waals surface area contributed by atoms with Crippen LogP contribution >= 0.6 is 12.6 Å². The van der Waals surface area contributed by atoms with Crippen LogP contribution in [0.4, 0.5) is 10.5 Å². The predicted molar refractivity (Wildman–Crippen MR) is 172 cm³/mol. The summed E-state index contributed by atoms with van der Waals surface area (Å²) in [5.74, 6) is -0.993. The van der Waals surface area contributed by atoms with Crippen LogP contribution in [0.1, 0.15) is 94.5 Å². The summed E-state index contributed by atoms with van der Waals surface area (Å²) in [7, 11) is 0. The van der Waals surface area contributed by atoms with E-state index in [9.17, 15) is 19.5 Å². The highest BCUT2D eigenvalue weighted by Gasteiger charge is 2.37. The molecule has 2 rings (SSSR count). The van der Waals surface area contributed by atoms with E-state index in [-0.39, 0.29) is 18.0 Å². The summed E-state index contributed by atoms with van der Waals surface area (Å²) in [6.07, 6.45) is 5.15. The van der Waals surface area contributed by atoms with Crippen molar-refractivity contribution in [3.63, 3.8) is 0 Å². The number of aryl methyl sites for hydroxylation is 3. The number of thiol groups is 1. The highest BCUT2D eigenvalue weighted by atomic mass is 32.1. The Morgan fingerprint density at radius 1 is 0.929 bits per heavy atom. The van der Waals surface area contributed by atoms with Crippen molar-refractivity contribution < 1.29 is 24.2 Å². The molecule has 2 atom stereocenters. The molecule has 8 nitrogen and oxygen atoms in total. The molecule has 2 unspecified atom stereocenters. The molecule has 0 aliphatic rings. The Bertz CT molecular complexity index is 1190. The van der Waals surface area contributed by atoms with Crippen LogP contribution in [0.25, 0.3) is 0 Å². The first kappa shape index (κ1) is 35.0.